The summed E-state index contributed by atoms with van der Waals surface area (Å²) in [6, 6.07) is 7.72. The molecule has 0 unspecified atom stereocenters. The second kappa shape index (κ2) is 5.68. The van der Waals surface area contributed by atoms with Crippen LogP contribution in [0.5, 0.6) is 0 Å². The van der Waals surface area contributed by atoms with Gasteiger partial charge in [0.1, 0.15) is 0 Å². The fraction of sp³-hybridized carbons (Fsp3) is 0.588. The Balaban J connectivity index is 1.96. The van der Waals surface area contributed by atoms with Crippen molar-refractivity contribution in [2.45, 2.75) is 64.1 Å². The second-order valence-corrected chi connectivity index (χ2v) is 7.49. The Morgan fingerprint density at radius 2 is 1.90 bits per heavy atom. The van der Waals surface area contributed by atoms with Crippen LogP contribution in [0.4, 0.5) is 5.69 Å². The van der Waals surface area contributed by atoms with E-state index in [1.807, 2.05) is 24.3 Å². The smallest absolute Gasteiger partial charge is 0.224 e. The lowest BCUT2D eigenvalue weighted by Crippen LogP contribution is -2.62. The third kappa shape index (κ3) is 4.74. The fourth-order valence-corrected chi connectivity index (χ4v) is 3.59. The lowest BCUT2D eigenvalue weighted by atomic mass is 9.79. The van der Waals surface area contributed by atoms with E-state index in [0.29, 0.717) is 12.1 Å². The van der Waals surface area contributed by atoms with E-state index in [4.69, 9.17) is 5.73 Å². The molecule has 0 aliphatic carbocycles. The highest BCUT2D eigenvalue weighted by atomic mass is 16.1. The number of benzene rings is 1. The Kier molecular flexibility index (Phi) is 4.28. The van der Waals surface area contributed by atoms with Crippen LogP contribution in [0.1, 0.15) is 46.1 Å². The minimum atomic E-state index is 0.0386. The third-order valence-corrected chi connectivity index (χ3v) is 3.87. The van der Waals surface area contributed by atoms with Crippen molar-refractivity contribution < 1.29 is 4.79 Å². The Bertz CT molecular complexity index is 507. The van der Waals surface area contributed by atoms with E-state index in [0.717, 1.165) is 18.4 Å². The summed E-state index contributed by atoms with van der Waals surface area (Å²) in [5.41, 5.74) is 7.48. The van der Waals surface area contributed by atoms with Gasteiger partial charge in [0.2, 0.25) is 5.91 Å². The number of piperidine rings is 1. The summed E-state index contributed by atoms with van der Waals surface area (Å²) in [7, 11) is 0. The van der Waals surface area contributed by atoms with Crippen molar-refractivity contribution >= 4 is 11.6 Å². The highest BCUT2D eigenvalue weighted by molar-refractivity contribution is 5.79. The summed E-state index contributed by atoms with van der Waals surface area (Å²) < 4.78 is 0. The number of anilines is 1. The standard InChI is InChI=1S/C17H27N3O/c1-16(2)10-14(11-17(3,4)20-16)19-15(21)9-12-6-5-7-13(18)8-12/h5-8,14,20H,9-11,18H2,1-4H3,(H,19,21). The van der Waals surface area contributed by atoms with Gasteiger partial charge in [-0.25, -0.2) is 0 Å². The molecule has 2 rings (SSSR count). The first-order valence-electron chi connectivity index (χ1n) is 7.58. The molecule has 0 radical (unpaired) electrons. The molecule has 0 atom stereocenters. The van der Waals surface area contributed by atoms with Crippen LogP contribution in [0.2, 0.25) is 0 Å². The van der Waals surface area contributed by atoms with E-state index in [1.165, 1.54) is 0 Å². The number of hydrogen-bond acceptors (Lipinski definition) is 3. The van der Waals surface area contributed by atoms with Crippen molar-refractivity contribution in [3.63, 3.8) is 0 Å². The lowest BCUT2D eigenvalue weighted by Gasteiger charge is -2.46. The average molecular weight is 289 g/mol. The summed E-state index contributed by atoms with van der Waals surface area (Å²) in [6.45, 7) is 8.74. The minimum Gasteiger partial charge on any atom is -0.399 e. The summed E-state index contributed by atoms with van der Waals surface area (Å²) >= 11 is 0. The van der Waals surface area contributed by atoms with Gasteiger partial charge in [0.25, 0.3) is 0 Å². The molecule has 1 amide bonds. The number of rotatable bonds is 3. The van der Waals surface area contributed by atoms with Gasteiger partial charge in [-0.05, 0) is 58.2 Å². The van der Waals surface area contributed by atoms with Gasteiger partial charge in [0.05, 0.1) is 6.42 Å². The molecule has 1 saturated heterocycles. The van der Waals surface area contributed by atoms with Gasteiger partial charge in [-0.2, -0.15) is 0 Å². The van der Waals surface area contributed by atoms with Gasteiger partial charge in [-0.15, -0.1) is 0 Å². The second-order valence-electron chi connectivity index (χ2n) is 7.49. The van der Waals surface area contributed by atoms with Gasteiger partial charge in [0.15, 0.2) is 0 Å². The van der Waals surface area contributed by atoms with Crippen LogP contribution >= 0.6 is 0 Å². The van der Waals surface area contributed by atoms with Crippen molar-refractivity contribution in [2.24, 2.45) is 0 Å². The van der Waals surface area contributed by atoms with Gasteiger partial charge in [-0.1, -0.05) is 12.1 Å². The van der Waals surface area contributed by atoms with E-state index in [9.17, 15) is 4.79 Å². The summed E-state index contributed by atoms with van der Waals surface area (Å²) in [6.07, 6.45) is 2.27. The van der Waals surface area contributed by atoms with Gasteiger partial charge < -0.3 is 16.4 Å². The fourth-order valence-electron chi connectivity index (χ4n) is 3.59. The van der Waals surface area contributed by atoms with E-state index in [2.05, 4.69) is 38.3 Å². The van der Waals surface area contributed by atoms with Crippen molar-refractivity contribution in [2.75, 3.05) is 5.73 Å². The minimum absolute atomic E-state index is 0.0386. The predicted molar refractivity (Wildman–Crippen MR) is 87.0 cm³/mol. The monoisotopic (exact) mass is 289 g/mol. The van der Waals surface area contributed by atoms with Gasteiger partial charge in [0, 0.05) is 22.8 Å². The zero-order chi connectivity index (χ0) is 15.7. The number of carbonyl (C=O) groups is 1. The molecule has 0 saturated carbocycles. The number of hydrogen-bond donors (Lipinski definition) is 3. The zero-order valence-corrected chi connectivity index (χ0v) is 13.5. The van der Waals surface area contributed by atoms with Crippen LogP contribution in [0, 0.1) is 0 Å². The van der Waals surface area contributed by atoms with E-state index in [1.54, 1.807) is 0 Å². The van der Waals surface area contributed by atoms with Crippen LogP contribution in [-0.2, 0) is 11.2 Å². The molecule has 1 fully saturated rings. The van der Waals surface area contributed by atoms with E-state index >= 15 is 0 Å². The maximum atomic E-state index is 12.2. The SMILES string of the molecule is CC1(C)CC(NC(=O)Cc2cccc(N)c2)CC(C)(C)N1. The van der Waals surface area contributed by atoms with Crippen molar-refractivity contribution in [1.29, 1.82) is 0 Å². The first-order valence-corrected chi connectivity index (χ1v) is 7.58. The Morgan fingerprint density at radius 1 is 1.29 bits per heavy atom. The summed E-state index contributed by atoms with van der Waals surface area (Å²) in [5, 5.41) is 6.80. The van der Waals surface area contributed by atoms with Gasteiger partial charge >= 0.3 is 0 Å². The Labute approximate surface area is 127 Å². The molecular weight excluding hydrogens is 262 g/mol. The molecular formula is C17H27N3O. The maximum Gasteiger partial charge on any atom is 0.224 e. The molecule has 21 heavy (non-hydrogen) atoms. The first kappa shape index (κ1) is 15.8. The summed E-state index contributed by atoms with van der Waals surface area (Å²) in [4.78, 5) is 12.2. The first-order chi connectivity index (χ1) is 9.65. The highest BCUT2D eigenvalue weighted by Crippen LogP contribution is 2.28. The number of amides is 1. The zero-order valence-electron chi connectivity index (χ0n) is 13.5. The maximum absolute atomic E-state index is 12.2. The molecule has 1 heterocycles. The molecule has 4 heteroatoms. The molecule has 1 aromatic carbocycles. The van der Waals surface area contributed by atoms with Crippen molar-refractivity contribution in [3.05, 3.63) is 29.8 Å². The molecule has 0 bridgehead atoms. The predicted octanol–water partition coefficient (Wildman–Crippen LogP) is 2.24. The van der Waals surface area contributed by atoms with E-state index < -0.39 is 0 Å². The Hall–Kier alpha value is -1.55. The van der Waals surface area contributed by atoms with Crippen LogP contribution in [0.15, 0.2) is 24.3 Å². The number of nitrogens with two attached hydrogens (primary N) is 1. The number of nitrogen functional groups attached to an aromatic ring is 1. The third-order valence-electron chi connectivity index (χ3n) is 3.87. The molecule has 0 aromatic heterocycles. The van der Waals surface area contributed by atoms with Crippen LogP contribution in [0.3, 0.4) is 0 Å². The molecule has 4 nitrogen and oxygen atoms in total. The topological polar surface area (TPSA) is 67.2 Å². The van der Waals surface area contributed by atoms with Crippen LogP contribution in [0.25, 0.3) is 0 Å². The molecule has 0 spiro atoms. The average Bonchev–Trinajstić information content (AvgIpc) is 2.23. The molecule has 1 aliphatic heterocycles. The molecule has 1 aliphatic rings. The lowest BCUT2D eigenvalue weighted by molar-refractivity contribution is -0.121. The molecule has 4 N–H and O–H groups in total. The number of nitrogens with one attached hydrogen (secondary N) is 2. The number of carbonyl (C=O) groups excluding carboxylic acids is 1. The normalized spacial score (nSPS) is 21.0. The van der Waals surface area contributed by atoms with Gasteiger partial charge in [-0.3, -0.25) is 4.79 Å². The van der Waals surface area contributed by atoms with Crippen molar-refractivity contribution in [3.8, 4) is 0 Å². The quantitative estimate of drug-likeness (QED) is 0.748. The van der Waals surface area contributed by atoms with Crippen LogP contribution < -0.4 is 16.4 Å². The molecule has 116 valence electrons. The molecule has 1 aromatic rings. The van der Waals surface area contributed by atoms with E-state index in [-0.39, 0.29) is 23.0 Å². The van der Waals surface area contributed by atoms with Crippen molar-refractivity contribution in [1.82, 2.24) is 10.6 Å². The largest absolute Gasteiger partial charge is 0.399 e. The Morgan fingerprint density at radius 3 is 2.48 bits per heavy atom. The van der Waals surface area contributed by atoms with Crippen LogP contribution in [-0.4, -0.2) is 23.0 Å². The highest BCUT2D eigenvalue weighted by Gasteiger charge is 2.38. The summed E-state index contributed by atoms with van der Waals surface area (Å²) in [5.74, 6) is 0.0686.